The predicted molar refractivity (Wildman–Crippen MR) is 102 cm³/mol. The van der Waals surface area contributed by atoms with Crippen molar-refractivity contribution >= 4 is 24.0 Å². The lowest BCUT2D eigenvalue weighted by Gasteiger charge is -2.30. The number of hydrogen-bond donors (Lipinski definition) is 1. The molecule has 1 atom stereocenters. The first-order chi connectivity index (χ1) is 11.1. The molecule has 2 aromatic carbocycles. The van der Waals surface area contributed by atoms with Crippen molar-refractivity contribution in [1.82, 2.24) is 5.32 Å². The van der Waals surface area contributed by atoms with Crippen molar-refractivity contribution < 1.29 is 4.79 Å². The number of amides is 1. The molecule has 0 radical (unpaired) electrons. The van der Waals surface area contributed by atoms with Gasteiger partial charge in [-0.3, -0.25) is 4.79 Å². The Morgan fingerprint density at radius 3 is 2.33 bits per heavy atom. The van der Waals surface area contributed by atoms with E-state index in [0.29, 0.717) is 0 Å². The van der Waals surface area contributed by atoms with Gasteiger partial charge in [-0.1, -0.05) is 48.5 Å². The van der Waals surface area contributed by atoms with Gasteiger partial charge in [-0.25, -0.2) is 0 Å². The maximum absolute atomic E-state index is 13.2. The van der Waals surface area contributed by atoms with Gasteiger partial charge in [-0.2, -0.15) is 0 Å². The van der Waals surface area contributed by atoms with Gasteiger partial charge < -0.3 is 10.2 Å². The highest BCUT2D eigenvalue weighted by Crippen LogP contribution is 2.45. The molecule has 0 saturated heterocycles. The third kappa shape index (κ3) is 3.06. The Morgan fingerprint density at radius 2 is 1.67 bits per heavy atom. The van der Waals surface area contributed by atoms with Gasteiger partial charge >= 0.3 is 0 Å². The van der Waals surface area contributed by atoms with Crippen LogP contribution in [-0.4, -0.2) is 19.5 Å². The fraction of sp³-hybridized carbons (Fsp3) is 0.350. The molecule has 0 unspecified atom stereocenters. The number of rotatable bonds is 5. The number of carbonyl (C=O) groups is 1. The summed E-state index contributed by atoms with van der Waals surface area (Å²) >= 11 is 0. The topological polar surface area (TPSA) is 32.3 Å². The highest BCUT2D eigenvalue weighted by Gasteiger charge is 2.46. The molecule has 3 rings (SSSR count). The lowest BCUT2D eigenvalue weighted by atomic mass is 9.86. The quantitative estimate of drug-likeness (QED) is 0.886. The van der Waals surface area contributed by atoms with Crippen molar-refractivity contribution in [2.75, 3.05) is 18.5 Å². The van der Waals surface area contributed by atoms with Crippen molar-refractivity contribution in [3.63, 3.8) is 0 Å². The lowest BCUT2D eigenvalue weighted by molar-refractivity contribution is -0.122. The second kappa shape index (κ2) is 7.37. The minimum absolute atomic E-state index is 0. The van der Waals surface area contributed by atoms with Crippen molar-refractivity contribution in [2.45, 2.75) is 31.7 Å². The summed E-state index contributed by atoms with van der Waals surface area (Å²) in [6, 6.07) is 18.6. The van der Waals surface area contributed by atoms with E-state index in [4.69, 9.17) is 0 Å². The second-order valence-electron chi connectivity index (χ2n) is 6.64. The van der Waals surface area contributed by atoms with E-state index in [1.165, 1.54) is 5.56 Å². The molecule has 1 heterocycles. The Balaban J connectivity index is 0.00000208. The zero-order valence-electron chi connectivity index (χ0n) is 14.5. The molecule has 1 aliphatic rings. The van der Waals surface area contributed by atoms with Gasteiger partial charge in [-0.15, -0.1) is 12.4 Å². The maximum Gasteiger partial charge on any atom is 0.237 e. The van der Waals surface area contributed by atoms with Crippen LogP contribution in [0, 0.1) is 0 Å². The number of benzene rings is 2. The largest absolute Gasteiger partial charge is 0.320 e. The van der Waals surface area contributed by atoms with Crippen molar-refractivity contribution in [3.05, 3.63) is 65.7 Å². The third-order valence-corrected chi connectivity index (χ3v) is 4.75. The molecule has 0 saturated carbocycles. The van der Waals surface area contributed by atoms with Crippen LogP contribution in [0.1, 0.15) is 37.4 Å². The van der Waals surface area contributed by atoms with E-state index in [1.54, 1.807) is 0 Å². The van der Waals surface area contributed by atoms with Gasteiger partial charge in [0.15, 0.2) is 0 Å². The van der Waals surface area contributed by atoms with Crippen LogP contribution in [0.25, 0.3) is 0 Å². The van der Waals surface area contributed by atoms with Crippen molar-refractivity contribution in [1.29, 1.82) is 0 Å². The summed E-state index contributed by atoms with van der Waals surface area (Å²) in [7, 11) is 1.95. The summed E-state index contributed by atoms with van der Waals surface area (Å²) in [5.74, 6) is 0.184. The molecule has 0 spiro atoms. The number of carbonyl (C=O) groups excluding carboxylic acids is 1. The summed E-state index contributed by atoms with van der Waals surface area (Å²) in [5, 5.41) is 3.21. The summed E-state index contributed by atoms with van der Waals surface area (Å²) in [4.78, 5) is 15.2. The monoisotopic (exact) mass is 344 g/mol. The number of hydrogen-bond acceptors (Lipinski definition) is 2. The fourth-order valence-electron chi connectivity index (χ4n) is 3.45. The van der Waals surface area contributed by atoms with E-state index < -0.39 is 5.41 Å². The Labute approximate surface area is 150 Å². The molecule has 0 fully saturated rings. The van der Waals surface area contributed by atoms with E-state index in [-0.39, 0.29) is 24.4 Å². The maximum atomic E-state index is 13.2. The summed E-state index contributed by atoms with van der Waals surface area (Å²) in [6.45, 7) is 4.91. The molecule has 1 aliphatic heterocycles. The first-order valence-corrected chi connectivity index (χ1v) is 8.20. The van der Waals surface area contributed by atoms with Crippen LogP contribution < -0.4 is 10.2 Å². The molecule has 1 N–H and O–H groups in total. The van der Waals surface area contributed by atoms with Crippen LogP contribution in [0.15, 0.2) is 54.6 Å². The van der Waals surface area contributed by atoms with E-state index in [2.05, 4.69) is 29.6 Å². The minimum atomic E-state index is -0.469. The van der Waals surface area contributed by atoms with Crippen LogP contribution in [-0.2, 0) is 10.2 Å². The first kappa shape index (κ1) is 18.5. The molecular formula is C20H25ClN2O. The summed E-state index contributed by atoms with van der Waals surface area (Å²) in [5.41, 5.74) is 2.88. The van der Waals surface area contributed by atoms with Gasteiger partial charge in [-0.05, 0) is 51.1 Å². The zero-order valence-corrected chi connectivity index (χ0v) is 15.3. The highest BCUT2D eigenvalue weighted by atomic mass is 35.5. The smallest absolute Gasteiger partial charge is 0.237 e. The van der Waals surface area contributed by atoms with E-state index >= 15 is 0 Å². The normalized spacial score (nSPS) is 16.5. The molecule has 3 nitrogen and oxygen atoms in total. The van der Waals surface area contributed by atoms with Gasteiger partial charge in [0.25, 0.3) is 0 Å². The molecule has 128 valence electrons. The highest BCUT2D eigenvalue weighted by molar-refractivity contribution is 6.08. The minimum Gasteiger partial charge on any atom is -0.320 e. The van der Waals surface area contributed by atoms with Crippen LogP contribution in [0.5, 0.6) is 0 Å². The average molecular weight is 345 g/mol. The van der Waals surface area contributed by atoms with Gasteiger partial charge in [0.1, 0.15) is 0 Å². The molecule has 0 aliphatic carbocycles. The molecule has 24 heavy (non-hydrogen) atoms. The standard InChI is InChI=1S/C20H24N2O.ClH/c1-20(2)16-11-7-8-12-18(16)22(19(20)23)17(13-14-21-3)15-9-5-4-6-10-15;/h4-12,17,21H,13-14H2,1-3H3;1H/t17-;/m0./s1. The SMILES string of the molecule is CNCC[C@@H](c1ccccc1)N1C(=O)C(C)(C)c2ccccc21.Cl. The third-order valence-electron chi connectivity index (χ3n) is 4.75. The fourth-order valence-corrected chi connectivity index (χ4v) is 3.45. The Morgan fingerprint density at radius 1 is 1.04 bits per heavy atom. The molecule has 0 aromatic heterocycles. The predicted octanol–water partition coefficient (Wildman–Crippen LogP) is 4.08. The second-order valence-corrected chi connectivity index (χ2v) is 6.64. The van der Waals surface area contributed by atoms with Crippen LogP contribution in [0.4, 0.5) is 5.69 Å². The molecule has 2 aromatic rings. The zero-order chi connectivity index (χ0) is 16.4. The van der Waals surface area contributed by atoms with Gasteiger partial charge in [0.2, 0.25) is 5.91 Å². The summed E-state index contributed by atoms with van der Waals surface area (Å²) in [6.07, 6.45) is 0.886. The Kier molecular flexibility index (Phi) is 5.68. The number of nitrogens with zero attached hydrogens (tertiary/aromatic N) is 1. The Bertz CT molecular complexity index is 700. The molecular weight excluding hydrogens is 320 g/mol. The number of para-hydroxylation sites is 1. The average Bonchev–Trinajstić information content (AvgIpc) is 2.77. The molecule has 1 amide bonds. The van der Waals surface area contributed by atoms with Crippen molar-refractivity contribution in [2.24, 2.45) is 0 Å². The lowest BCUT2D eigenvalue weighted by Crippen LogP contribution is -2.39. The van der Waals surface area contributed by atoms with Gasteiger partial charge in [0, 0.05) is 5.69 Å². The van der Waals surface area contributed by atoms with Crippen LogP contribution >= 0.6 is 12.4 Å². The van der Waals surface area contributed by atoms with E-state index in [1.807, 2.05) is 56.1 Å². The van der Waals surface area contributed by atoms with Crippen molar-refractivity contribution in [3.8, 4) is 0 Å². The van der Waals surface area contributed by atoms with E-state index in [0.717, 1.165) is 24.2 Å². The summed E-state index contributed by atoms with van der Waals surface area (Å²) < 4.78 is 0. The number of halogens is 1. The number of anilines is 1. The molecule has 0 bridgehead atoms. The first-order valence-electron chi connectivity index (χ1n) is 8.20. The van der Waals surface area contributed by atoms with Crippen LogP contribution in [0.2, 0.25) is 0 Å². The Hall–Kier alpha value is -1.84. The number of nitrogens with one attached hydrogen (secondary N) is 1. The van der Waals surface area contributed by atoms with Crippen LogP contribution in [0.3, 0.4) is 0 Å². The van der Waals surface area contributed by atoms with E-state index in [9.17, 15) is 4.79 Å². The molecule has 4 heteroatoms. The van der Waals surface area contributed by atoms with Gasteiger partial charge in [0.05, 0.1) is 11.5 Å². The number of fused-ring (bicyclic) bond motifs is 1.